The summed E-state index contributed by atoms with van der Waals surface area (Å²) in [7, 11) is 0. The normalized spacial score (nSPS) is 15.6. The zero-order valence-electron chi connectivity index (χ0n) is 14.5. The Balaban J connectivity index is 1.51. The lowest BCUT2D eigenvalue weighted by molar-refractivity contribution is 0.248. The molecule has 4 rings (SSSR count). The Morgan fingerprint density at radius 2 is 1.60 bits per heavy atom. The first-order valence-corrected chi connectivity index (χ1v) is 8.85. The molecule has 2 heterocycles. The predicted molar refractivity (Wildman–Crippen MR) is 103 cm³/mol. The maximum absolute atomic E-state index is 12.9. The lowest BCUT2D eigenvalue weighted by Crippen LogP contribution is -2.46. The number of aromatic nitrogens is 1. The molecule has 1 saturated heterocycles. The van der Waals surface area contributed by atoms with Gasteiger partial charge in [-0.05, 0) is 31.2 Å². The molecule has 3 aromatic rings. The van der Waals surface area contributed by atoms with Gasteiger partial charge < -0.3 is 9.88 Å². The maximum atomic E-state index is 12.9. The number of hydrogen-bond acceptors (Lipinski definition) is 3. The number of benzene rings is 2. The monoisotopic (exact) mass is 333 g/mol. The highest BCUT2D eigenvalue weighted by Gasteiger charge is 2.19. The average Bonchev–Trinajstić information content (AvgIpc) is 2.66. The minimum absolute atomic E-state index is 0.164. The van der Waals surface area contributed by atoms with Crippen LogP contribution in [0.4, 0.5) is 5.69 Å². The number of aromatic amines is 1. The fraction of sp³-hybridized carbons (Fsp3) is 0.286. The highest BCUT2D eigenvalue weighted by Crippen LogP contribution is 2.17. The quantitative estimate of drug-likeness (QED) is 0.800. The topological polar surface area (TPSA) is 39.3 Å². The van der Waals surface area contributed by atoms with Crippen molar-refractivity contribution < 1.29 is 0 Å². The van der Waals surface area contributed by atoms with Gasteiger partial charge in [-0.2, -0.15) is 0 Å². The highest BCUT2D eigenvalue weighted by atomic mass is 16.1. The molecule has 0 unspecified atom stereocenters. The minimum atomic E-state index is 0.164. The van der Waals surface area contributed by atoms with E-state index in [0.717, 1.165) is 48.3 Å². The fourth-order valence-corrected chi connectivity index (χ4v) is 3.62. The number of para-hydroxylation sites is 2. The summed E-state index contributed by atoms with van der Waals surface area (Å²) in [5.41, 5.74) is 4.24. The number of piperazine rings is 1. The van der Waals surface area contributed by atoms with Crippen LogP contribution in [0.3, 0.4) is 0 Å². The van der Waals surface area contributed by atoms with Gasteiger partial charge in [0, 0.05) is 60.6 Å². The van der Waals surface area contributed by atoms with Crippen LogP contribution in [0.5, 0.6) is 0 Å². The molecule has 1 aromatic heterocycles. The van der Waals surface area contributed by atoms with Gasteiger partial charge in [0.2, 0.25) is 0 Å². The van der Waals surface area contributed by atoms with E-state index in [1.54, 1.807) is 0 Å². The lowest BCUT2D eigenvalue weighted by Gasteiger charge is -2.36. The van der Waals surface area contributed by atoms with Crippen LogP contribution in [0.2, 0.25) is 0 Å². The van der Waals surface area contributed by atoms with Crippen LogP contribution in [-0.4, -0.2) is 36.1 Å². The number of nitrogens with one attached hydrogen (secondary N) is 1. The molecule has 1 fully saturated rings. The Labute approximate surface area is 147 Å². The summed E-state index contributed by atoms with van der Waals surface area (Å²) in [6.45, 7) is 6.66. The largest absolute Gasteiger partial charge is 0.369 e. The molecular formula is C21H23N3O. The van der Waals surface area contributed by atoms with E-state index in [2.05, 4.69) is 45.1 Å². The van der Waals surface area contributed by atoms with Crippen molar-refractivity contribution in [2.24, 2.45) is 0 Å². The molecule has 25 heavy (non-hydrogen) atoms. The number of H-pyrrole nitrogens is 1. The van der Waals surface area contributed by atoms with E-state index in [0.29, 0.717) is 6.54 Å². The van der Waals surface area contributed by atoms with Crippen molar-refractivity contribution in [3.63, 3.8) is 0 Å². The third-order valence-electron chi connectivity index (χ3n) is 5.10. The molecule has 1 aliphatic heterocycles. The second-order valence-electron chi connectivity index (χ2n) is 6.70. The smallest absolute Gasteiger partial charge is 0.194 e. The van der Waals surface area contributed by atoms with Crippen molar-refractivity contribution in [2.45, 2.75) is 13.5 Å². The Bertz CT molecular complexity index is 925. The number of fused-ring (bicyclic) bond motifs is 1. The fourth-order valence-electron chi connectivity index (χ4n) is 3.62. The first kappa shape index (κ1) is 15.9. The molecule has 4 nitrogen and oxygen atoms in total. The van der Waals surface area contributed by atoms with Crippen LogP contribution in [0.1, 0.15) is 11.3 Å². The second kappa shape index (κ2) is 6.73. The number of pyridine rings is 1. The zero-order valence-corrected chi connectivity index (χ0v) is 14.5. The van der Waals surface area contributed by atoms with Crippen molar-refractivity contribution in [3.8, 4) is 0 Å². The number of nitrogens with zero attached hydrogens (tertiary/aromatic N) is 2. The molecule has 128 valence electrons. The molecule has 0 amide bonds. The average molecular weight is 333 g/mol. The summed E-state index contributed by atoms with van der Waals surface area (Å²) in [5, 5.41) is 0.783. The predicted octanol–water partition coefficient (Wildman–Crippen LogP) is 3.16. The van der Waals surface area contributed by atoms with Crippen LogP contribution < -0.4 is 10.3 Å². The van der Waals surface area contributed by atoms with Crippen molar-refractivity contribution >= 4 is 16.6 Å². The number of anilines is 1. The molecule has 0 bridgehead atoms. The third-order valence-corrected chi connectivity index (χ3v) is 5.10. The highest BCUT2D eigenvalue weighted by molar-refractivity contribution is 5.79. The first-order valence-electron chi connectivity index (χ1n) is 8.85. The van der Waals surface area contributed by atoms with E-state index >= 15 is 0 Å². The molecule has 1 aliphatic rings. The molecule has 4 heteroatoms. The van der Waals surface area contributed by atoms with Crippen LogP contribution in [0, 0.1) is 6.92 Å². The number of aryl methyl sites for hydroxylation is 1. The minimum Gasteiger partial charge on any atom is -0.369 e. The Morgan fingerprint density at radius 1 is 0.920 bits per heavy atom. The summed E-state index contributed by atoms with van der Waals surface area (Å²) >= 11 is 0. The number of rotatable bonds is 3. The second-order valence-corrected chi connectivity index (χ2v) is 6.70. The van der Waals surface area contributed by atoms with E-state index in [1.165, 1.54) is 5.69 Å². The van der Waals surface area contributed by atoms with Gasteiger partial charge in [0.1, 0.15) is 0 Å². The van der Waals surface area contributed by atoms with Crippen LogP contribution in [0.25, 0.3) is 10.9 Å². The van der Waals surface area contributed by atoms with Crippen molar-refractivity contribution in [1.29, 1.82) is 0 Å². The SMILES string of the molecule is Cc1[nH]c2ccccc2c(=O)c1CN1CCN(c2ccccc2)CC1. The van der Waals surface area contributed by atoms with E-state index in [-0.39, 0.29) is 5.43 Å². The summed E-state index contributed by atoms with van der Waals surface area (Å²) in [5.74, 6) is 0. The zero-order chi connectivity index (χ0) is 17.2. The van der Waals surface area contributed by atoms with Gasteiger partial charge in [-0.1, -0.05) is 30.3 Å². The van der Waals surface area contributed by atoms with Crippen molar-refractivity contribution in [2.75, 3.05) is 31.1 Å². The number of hydrogen-bond donors (Lipinski definition) is 1. The molecule has 0 aliphatic carbocycles. The van der Waals surface area contributed by atoms with E-state index in [1.807, 2.05) is 31.2 Å². The summed E-state index contributed by atoms with van der Waals surface area (Å²) in [4.78, 5) is 21.0. The Hall–Kier alpha value is -2.59. The van der Waals surface area contributed by atoms with E-state index in [4.69, 9.17) is 0 Å². The van der Waals surface area contributed by atoms with Crippen LogP contribution in [-0.2, 0) is 6.54 Å². The molecule has 0 saturated carbocycles. The van der Waals surface area contributed by atoms with Gasteiger partial charge in [-0.3, -0.25) is 9.69 Å². The molecule has 1 N–H and O–H groups in total. The van der Waals surface area contributed by atoms with Gasteiger partial charge in [0.25, 0.3) is 0 Å². The standard InChI is InChI=1S/C21H23N3O/c1-16-19(21(25)18-9-5-6-10-20(18)22-16)15-23-11-13-24(14-12-23)17-7-3-2-4-8-17/h2-10H,11-15H2,1H3,(H,22,25). The van der Waals surface area contributed by atoms with Gasteiger partial charge >= 0.3 is 0 Å². The van der Waals surface area contributed by atoms with Crippen molar-refractivity contribution in [3.05, 3.63) is 76.1 Å². The Morgan fingerprint density at radius 3 is 2.36 bits per heavy atom. The van der Waals surface area contributed by atoms with Gasteiger partial charge in [0.05, 0.1) is 0 Å². The maximum Gasteiger partial charge on any atom is 0.194 e. The van der Waals surface area contributed by atoms with E-state index in [9.17, 15) is 4.79 Å². The summed E-state index contributed by atoms with van der Waals surface area (Å²) < 4.78 is 0. The molecule has 0 atom stereocenters. The molecule has 0 spiro atoms. The van der Waals surface area contributed by atoms with Crippen LogP contribution in [0.15, 0.2) is 59.4 Å². The van der Waals surface area contributed by atoms with Gasteiger partial charge in [-0.15, -0.1) is 0 Å². The summed E-state index contributed by atoms with van der Waals surface area (Å²) in [6, 6.07) is 18.3. The van der Waals surface area contributed by atoms with Crippen LogP contribution >= 0.6 is 0 Å². The third kappa shape index (κ3) is 3.17. The molecule has 0 radical (unpaired) electrons. The Kier molecular flexibility index (Phi) is 4.28. The first-order chi connectivity index (χ1) is 12.2. The van der Waals surface area contributed by atoms with Gasteiger partial charge in [-0.25, -0.2) is 0 Å². The molecule has 2 aromatic carbocycles. The lowest BCUT2D eigenvalue weighted by atomic mass is 10.1. The van der Waals surface area contributed by atoms with Gasteiger partial charge in [0.15, 0.2) is 5.43 Å². The van der Waals surface area contributed by atoms with E-state index < -0.39 is 0 Å². The summed E-state index contributed by atoms with van der Waals surface area (Å²) in [6.07, 6.45) is 0. The molecular weight excluding hydrogens is 310 g/mol. The van der Waals surface area contributed by atoms with Crippen molar-refractivity contribution in [1.82, 2.24) is 9.88 Å².